The summed E-state index contributed by atoms with van der Waals surface area (Å²) in [7, 11) is 0. The van der Waals surface area contributed by atoms with Crippen molar-refractivity contribution < 1.29 is 0 Å². The van der Waals surface area contributed by atoms with Crippen molar-refractivity contribution in [2.75, 3.05) is 12.3 Å². The van der Waals surface area contributed by atoms with Gasteiger partial charge < -0.3 is 5.32 Å². The Hall–Kier alpha value is -0.200. The molecular formula is C8H14N2S. The van der Waals surface area contributed by atoms with Crippen LogP contribution in [0.1, 0.15) is 19.8 Å². The second-order valence-corrected chi connectivity index (χ2v) is 4.32. The number of rotatable bonds is 3. The van der Waals surface area contributed by atoms with E-state index in [2.05, 4.69) is 18.3 Å². The highest BCUT2D eigenvalue weighted by Gasteiger charge is 2.22. The first kappa shape index (κ1) is 8.89. The van der Waals surface area contributed by atoms with Gasteiger partial charge in [-0.2, -0.15) is 17.0 Å². The Morgan fingerprint density at radius 1 is 1.73 bits per heavy atom. The van der Waals surface area contributed by atoms with E-state index in [-0.39, 0.29) is 0 Å². The molecule has 3 heteroatoms. The topological polar surface area (TPSA) is 35.8 Å². The fourth-order valence-electron chi connectivity index (χ4n) is 1.31. The smallest absolute Gasteiger partial charge is 0.0635 e. The minimum atomic E-state index is 0.633. The summed E-state index contributed by atoms with van der Waals surface area (Å²) in [5, 5.41) is 12.4. The summed E-state index contributed by atoms with van der Waals surface area (Å²) in [6.45, 7) is 3.10. The van der Waals surface area contributed by atoms with Gasteiger partial charge in [0.05, 0.1) is 6.07 Å². The van der Waals surface area contributed by atoms with Crippen LogP contribution in [0.25, 0.3) is 0 Å². The number of thioether (sulfide) groups is 1. The summed E-state index contributed by atoms with van der Waals surface area (Å²) in [6.07, 6.45) is 1.89. The maximum Gasteiger partial charge on any atom is 0.0635 e. The lowest BCUT2D eigenvalue weighted by Gasteiger charge is -2.14. The van der Waals surface area contributed by atoms with Crippen molar-refractivity contribution in [3.63, 3.8) is 0 Å². The molecule has 1 heterocycles. The van der Waals surface area contributed by atoms with Crippen molar-refractivity contribution in [1.29, 1.82) is 5.26 Å². The molecule has 2 nitrogen and oxygen atoms in total. The molecule has 1 aliphatic rings. The molecule has 0 aromatic carbocycles. The van der Waals surface area contributed by atoms with Gasteiger partial charge in [0.15, 0.2) is 0 Å². The molecule has 62 valence electrons. The van der Waals surface area contributed by atoms with E-state index in [4.69, 9.17) is 5.26 Å². The number of nitrogens with zero attached hydrogens (tertiary/aromatic N) is 1. The van der Waals surface area contributed by atoms with Crippen LogP contribution in [0.3, 0.4) is 0 Å². The lowest BCUT2D eigenvalue weighted by Crippen LogP contribution is -2.33. The maximum atomic E-state index is 8.31. The fourth-order valence-corrected chi connectivity index (χ4v) is 2.54. The molecule has 1 N–H and O–H groups in total. The SMILES string of the molecule is CC1SCCC1NCCC#N. The van der Waals surface area contributed by atoms with Crippen molar-refractivity contribution in [2.24, 2.45) is 0 Å². The lowest BCUT2D eigenvalue weighted by atomic mass is 10.2. The molecule has 0 radical (unpaired) electrons. The Kier molecular flexibility index (Phi) is 3.74. The zero-order chi connectivity index (χ0) is 8.10. The minimum Gasteiger partial charge on any atom is -0.312 e. The first-order chi connectivity index (χ1) is 5.34. The average molecular weight is 170 g/mol. The largest absolute Gasteiger partial charge is 0.312 e. The zero-order valence-corrected chi connectivity index (χ0v) is 7.66. The van der Waals surface area contributed by atoms with Crippen molar-refractivity contribution in [3.05, 3.63) is 0 Å². The minimum absolute atomic E-state index is 0.633. The van der Waals surface area contributed by atoms with Crippen LogP contribution in [0, 0.1) is 11.3 Å². The van der Waals surface area contributed by atoms with E-state index in [9.17, 15) is 0 Å². The van der Waals surface area contributed by atoms with Crippen molar-refractivity contribution in [3.8, 4) is 6.07 Å². The first-order valence-corrected chi connectivity index (χ1v) is 5.11. The summed E-state index contributed by atoms with van der Waals surface area (Å²) < 4.78 is 0. The molecule has 0 saturated carbocycles. The van der Waals surface area contributed by atoms with E-state index in [0.29, 0.717) is 12.5 Å². The number of nitriles is 1. The third kappa shape index (κ3) is 2.72. The quantitative estimate of drug-likeness (QED) is 0.650. The zero-order valence-electron chi connectivity index (χ0n) is 6.84. The molecule has 1 rings (SSSR count). The van der Waals surface area contributed by atoms with Crippen LogP contribution in [0.4, 0.5) is 0 Å². The van der Waals surface area contributed by atoms with E-state index in [1.807, 2.05) is 11.8 Å². The van der Waals surface area contributed by atoms with Gasteiger partial charge in [-0.3, -0.25) is 0 Å². The summed E-state index contributed by atoms with van der Waals surface area (Å²) in [4.78, 5) is 0. The molecule has 0 aromatic heterocycles. The van der Waals surface area contributed by atoms with E-state index in [1.54, 1.807) is 0 Å². The molecule has 0 amide bonds. The predicted octanol–water partition coefficient (Wildman–Crippen LogP) is 1.38. The normalized spacial score (nSPS) is 30.2. The standard InChI is InChI=1S/C8H14N2S/c1-7-8(3-6-11-7)10-5-2-4-9/h7-8,10H,2-3,5-6H2,1H3. The van der Waals surface area contributed by atoms with Crippen molar-refractivity contribution in [2.45, 2.75) is 31.1 Å². The summed E-state index contributed by atoms with van der Waals surface area (Å²) in [5.74, 6) is 1.27. The molecule has 0 aliphatic carbocycles. The van der Waals surface area contributed by atoms with Gasteiger partial charge in [-0.25, -0.2) is 0 Å². The number of hydrogen-bond acceptors (Lipinski definition) is 3. The predicted molar refractivity (Wildman–Crippen MR) is 48.6 cm³/mol. The third-order valence-corrected chi connectivity index (χ3v) is 3.35. The summed E-state index contributed by atoms with van der Waals surface area (Å²) >= 11 is 2.02. The van der Waals surface area contributed by atoms with Crippen LogP contribution in [0.15, 0.2) is 0 Å². The maximum absolute atomic E-state index is 8.31. The molecule has 1 aliphatic heterocycles. The summed E-state index contributed by atoms with van der Waals surface area (Å²) in [5.41, 5.74) is 0. The van der Waals surface area contributed by atoms with Crippen LogP contribution in [0.5, 0.6) is 0 Å². The number of nitrogens with one attached hydrogen (secondary N) is 1. The molecule has 0 bridgehead atoms. The highest BCUT2D eigenvalue weighted by Crippen LogP contribution is 2.25. The average Bonchev–Trinajstić information content (AvgIpc) is 2.37. The van der Waals surface area contributed by atoms with Crippen molar-refractivity contribution in [1.82, 2.24) is 5.32 Å². The molecular weight excluding hydrogens is 156 g/mol. The van der Waals surface area contributed by atoms with Gasteiger partial charge in [0.2, 0.25) is 0 Å². The van der Waals surface area contributed by atoms with Crippen LogP contribution in [0.2, 0.25) is 0 Å². The summed E-state index contributed by atoms with van der Waals surface area (Å²) in [6, 6.07) is 2.78. The molecule has 2 unspecified atom stereocenters. The molecule has 0 spiro atoms. The van der Waals surface area contributed by atoms with Gasteiger partial charge in [-0.1, -0.05) is 6.92 Å². The Balaban J connectivity index is 2.11. The molecule has 2 atom stereocenters. The third-order valence-electron chi connectivity index (χ3n) is 2.02. The highest BCUT2D eigenvalue weighted by atomic mass is 32.2. The first-order valence-electron chi connectivity index (χ1n) is 4.06. The van der Waals surface area contributed by atoms with Gasteiger partial charge in [0.1, 0.15) is 0 Å². The Morgan fingerprint density at radius 3 is 3.09 bits per heavy atom. The van der Waals surface area contributed by atoms with Crippen LogP contribution in [-0.4, -0.2) is 23.6 Å². The molecule has 11 heavy (non-hydrogen) atoms. The molecule has 0 aromatic rings. The molecule has 1 saturated heterocycles. The van der Waals surface area contributed by atoms with E-state index in [0.717, 1.165) is 11.8 Å². The lowest BCUT2D eigenvalue weighted by molar-refractivity contribution is 0.520. The second kappa shape index (κ2) is 4.63. The monoisotopic (exact) mass is 170 g/mol. The van der Waals surface area contributed by atoms with Crippen LogP contribution >= 0.6 is 11.8 Å². The van der Waals surface area contributed by atoms with E-state index >= 15 is 0 Å². The highest BCUT2D eigenvalue weighted by molar-refractivity contribution is 8.00. The number of hydrogen-bond donors (Lipinski definition) is 1. The fraction of sp³-hybridized carbons (Fsp3) is 0.875. The second-order valence-electron chi connectivity index (χ2n) is 2.83. The van der Waals surface area contributed by atoms with Gasteiger partial charge in [-0.15, -0.1) is 0 Å². The Morgan fingerprint density at radius 2 is 2.55 bits per heavy atom. The van der Waals surface area contributed by atoms with Gasteiger partial charge in [0, 0.05) is 24.3 Å². The van der Waals surface area contributed by atoms with Crippen LogP contribution in [-0.2, 0) is 0 Å². The van der Waals surface area contributed by atoms with Crippen LogP contribution < -0.4 is 5.32 Å². The van der Waals surface area contributed by atoms with E-state index in [1.165, 1.54) is 12.2 Å². The van der Waals surface area contributed by atoms with Crippen molar-refractivity contribution >= 4 is 11.8 Å². The van der Waals surface area contributed by atoms with Gasteiger partial charge in [0.25, 0.3) is 0 Å². The Labute approximate surface area is 72.4 Å². The Bertz CT molecular complexity index is 153. The van der Waals surface area contributed by atoms with Gasteiger partial charge in [-0.05, 0) is 12.2 Å². The molecule has 1 fully saturated rings. The van der Waals surface area contributed by atoms with Gasteiger partial charge >= 0.3 is 0 Å². The van der Waals surface area contributed by atoms with E-state index < -0.39 is 0 Å².